The third-order valence-corrected chi connectivity index (χ3v) is 6.42. The van der Waals surface area contributed by atoms with Crippen molar-refractivity contribution in [3.8, 4) is 5.75 Å². The normalized spacial score (nSPS) is 16.5. The Kier molecular flexibility index (Phi) is 5.27. The van der Waals surface area contributed by atoms with Crippen LogP contribution in [0.3, 0.4) is 0 Å². The monoisotopic (exact) mass is 393 g/mol. The summed E-state index contributed by atoms with van der Waals surface area (Å²) in [5.74, 6) is 0.456. The van der Waals surface area contributed by atoms with Gasteiger partial charge in [0, 0.05) is 35.4 Å². The van der Waals surface area contributed by atoms with Crippen LogP contribution in [0.2, 0.25) is 5.02 Å². The number of aliphatic hydroxyl groups is 1. The summed E-state index contributed by atoms with van der Waals surface area (Å²) >= 11 is 5.82. The lowest BCUT2D eigenvalue weighted by Crippen LogP contribution is -2.27. The first-order valence-corrected chi connectivity index (χ1v) is 10.2. The molecule has 2 aromatic rings. The van der Waals surface area contributed by atoms with Crippen LogP contribution in [0, 0.1) is 0 Å². The summed E-state index contributed by atoms with van der Waals surface area (Å²) in [5.41, 5.74) is 1.57. The van der Waals surface area contributed by atoms with Crippen LogP contribution >= 0.6 is 11.6 Å². The molecule has 2 aromatic carbocycles. The molecular weight excluding hydrogens is 374 g/mol. The van der Waals surface area contributed by atoms with Crippen molar-refractivity contribution in [2.75, 3.05) is 18.0 Å². The van der Waals surface area contributed by atoms with Crippen LogP contribution in [0.4, 0.5) is 5.69 Å². The second kappa shape index (κ2) is 7.31. The summed E-state index contributed by atoms with van der Waals surface area (Å²) in [7, 11) is -3.89. The number of aliphatic hydroxyl groups excluding tert-OH is 1. The van der Waals surface area contributed by atoms with Gasteiger partial charge in [0.05, 0.1) is 4.90 Å². The van der Waals surface area contributed by atoms with Gasteiger partial charge in [0.2, 0.25) is 16.1 Å². The zero-order valence-corrected chi connectivity index (χ0v) is 16.1. The topological polar surface area (TPSA) is 66.8 Å². The highest BCUT2D eigenvalue weighted by atomic mass is 35.5. The molecule has 0 spiro atoms. The highest BCUT2D eigenvalue weighted by molar-refractivity contribution is 7.95. The smallest absolute Gasteiger partial charge is 0.235 e. The molecule has 0 saturated carbocycles. The Balaban J connectivity index is 2.02. The van der Waals surface area contributed by atoms with Crippen molar-refractivity contribution in [3.05, 3.63) is 58.0 Å². The van der Waals surface area contributed by atoms with Crippen molar-refractivity contribution in [2.45, 2.75) is 25.0 Å². The van der Waals surface area contributed by atoms with Crippen LogP contribution in [-0.4, -0.2) is 32.9 Å². The summed E-state index contributed by atoms with van der Waals surface area (Å²) < 4.78 is 31.2. The molecule has 0 amide bonds. The summed E-state index contributed by atoms with van der Waals surface area (Å²) in [6, 6.07) is 11.3. The third kappa shape index (κ3) is 3.45. The fourth-order valence-corrected chi connectivity index (χ4v) is 4.38. The molecule has 3 rings (SSSR count). The maximum Gasteiger partial charge on any atom is 0.235 e. The first-order valence-electron chi connectivity index (χ1n) is 8.32. The van der Waals surface area contributed by atoms with E-state index in [1.165, 1.54) is 30.3 Å². The van der Waals surface area contributed by atoms with Crippen LogP contribution in [-0.2, 0) is 9.84 Å². The Bertz CT molecular complexity index is 935. The van der Waals surface area contributed by atoms with Crippen molar-refractivity contribution in [2.24, 2.45) is 0 Å². The lowest BCUT2D eigenvalue weighted by atomic mass is 10.1. The second-order valence-electron chi connectivity index (χ2n) is 5.87. The Morgan fingerprint density at radius 3 is 2.38 bits per heavy atom. The SMILES string of the molecule is CCN(CC)c1ccc2c(c1)OC(O)C(S(=O)(=O)c1ccc(Cl)cc1)=C2. The quantitative estimate of drug-likeness (QED) is 0.838. The van der Waals surface area contributed by atoms with E-state index in [4.69, 9.17) is 16.3 Å². The highest BCUT2D eigenvalue weighted by Crippen LogP contribution is 2.36. The van der Waals surface area contributed by atoms with Crippen molar-refractivity contribution in [1.82, 2.24) is 0 Å². The summed E-state index contributed by atoms with van der Waals surface area (Å²) in [5, 5.41) is 10.7. The van der Waals surface area contributed by atoms with Crippen LogP contribution in [0.25, 0.3) is 6.08 Å². The van der Waals surface area contributed by atoms with Gasteiger partial charge < -0.3 is 14.7 Å². The fraction of sp³-hybridized carbons (Fsp3) is 0.263. The Morgan fingerprint density at radius 2 is 1.77 bits per heavy atom. The molecule has 1 aliphatic heterocycles. The van der Waals surface area contributed by atoms with Crippen LogP contribution in [0.1, 0.15) is 19.4 Å². The van der Waals surface area contributed by atoms with Gasteiger partial charge in [-0.25, -0.2) is 8.42 Å². The van der Waals surface area contributed by atoms with Gasteiger partial charge in [0.1, 0.15) is 10.7 Å². The third-order valence-electron chi connectivity index (χ3n) is 4.34. The number of rotatable bonds is 5. The van der Waals surface area contributed by atoms with E-state index in [2.05, 4.69) is 18.7 Å². The number of anilines is 1. The molecule has 0 bridgehead atoms. The van der Waals surface area contributed by atoms with Gasteiger partial charge in [0.15, 0.2) is 0 Å². The molecule has 1 aliphatic rings. The molecule has 5 nitrogen and oxygen atoms in total. The predicted octanol–water partition coefficient (Wildman–Crippen LogP) is 3.71. The van der Waals surface area contributed by atoms with E-state index in [9.17, 15) is 13.5 Å². The van der Waals surface area contributed by atoms with Crippen molar-refractivity contribution < 1.29 is 18.3 Å². The number of halogens is 1. The molecule has 0 aliphatic carbocycles. The fourth-order valence-electron chi connectivity index (χ4n) is 2.89. The molecule has 1 N–H and O–H groups in total. The number of sulfone groups is 1. The molecule has 0 aromatic heterocycles. The van der Waals surface area contributed by atoms with Crippen molar-refractivity contribution in [1.29, 1.82) is 0 Å². The molecule has 1 atom stereocenters. The lowest BCUT2D eigenvalue weighted by molar-refractivity contribution is 0.0190. The molecule has 138 valence electrons. The molecule has 1 unspecified atom stereocenters. The van der Waals surface area contributed by atoms with Gasteiger partial charge in [-0.2, -0.15) is 0 Å². The first kappa shape index (κ1) is 18.8. The number of hydrogen-bond acceptors (Lipinski definition) is 5. The lowest BCUT2D eigenvalue weighted by Gasteiger charge is -2.26. The molecule has 7 heteroatoms. The number of nitrogens with zero attached hydrogens (tertiary/aromatic N) is 1. The van der Waals surface area contributed by atoms with Gasteiger partial charge in [0.25, 0.3) is 0 Å². The molecule has 26 heavy (non-hydrogen) atoms. The standard InChI is InChI=1S/C19H20ClNO4S/c1-3-21(4-2)15-8-5-13-11-18(19(22)25-17(13)12-15)26(23,24)16-9-6-14(20)7-10-16/h5-12,19,22H,3-4H2,1-2H3. The zero-order valence-electron chi connectivity index (χ0n) is 14.5. The van der Waals surface area contributed by atoms with Crippen molar-refractivity contribution >= 4 is 33.2 Å². The van der Waals surface area contributed by atoms with E-state index in [-0.39, 0.29) is 9.80 Å². The Hall–Kier alpha value is -2.02. The van der Waals surface area contributed by atoms with E-state index >= 15 is 0 Å². The molecular formula is C19H20ClNO4S. The second-order valence-corrected chi connectivity index (χ2v) is 8.25. The van der Waals surface area contributed by atoms with Gasteiger partial charge in [-0.3, -0.25) is 0 Å². The largest absolute Gasteiger partial charge is 0.459 e. The van der Waals surface area contributed by atoms with Crippen LogP contribution < -0.4 is 9.64 Å². The zero-order chi connectivity index (χ0) is 18.9. The number of benzene rings is 2. The molecule has 0 saturated heterocycles. The summed E-state index contributed by atoms with van der Waals surface area (Å²) in [4.78, 5) is 2.00. The van der Waals surface area contributed by atoms with E-state index in [0.717, 1.165) is 18.8 Å². The Morgan fingerprint density at radius 1 is 1.12 bits per heavy atom. The van der Waals surface area contributed by atoms with E-state index in [1.54, 1.807) is 6.07 Å². The number of fused-ring (bicyclic) bond motifs is 1. The van der Waals surface area contributed by atoms with Crippen molar-refractivity contribution in [3.63, 3.8) is 0 Å². The average molecular weight is 394 g/mol. The van der Waals surface area contributed by atoms with Gasteiger partial charge in [-0.05, 0) is 56.3 Å². The van der Waals surface area contributed by atoms with E-state index in [1.807, 2.05) is 12.1 Å². The number of ether oxygens (including phenoxy) is 1. The van der Waals surface area contributed by atoms with Gasteiger partial charge in [-0.15, -0.1) is 0 Å². The van der Waals surface area contributed by atoms with Gasteiger partial charge in [-0.1, -0.05) is 11.6 Å². The molecule has 1 heterocycles. The summed E-state index contributed by atoms with van der Waals surface area (Å²) in [6.07, 6.45) is -0.102. The minimum atomic E-state index is -3.89. The maximum atomic E-state index is 12.8. The summed E-state index contributed by atoms with van der Waals surface area (Å²) in [6.45, 7) is 5.78. The minimum Gasteiger partial charge on any atom is -0.459 e. The first-order chi connectivity index (χ1) is 12.4. The highest BCUT2D eigenvalue weighted by Gasteiger charge is 2.32. The van der Waals surface area contributed by atoms with Gasteiger partial charge >= 0.3 is 0 Å². The van der Waals surface area contributed by atoms with E-state index in [0.29, 0.717) is 16.3 Å². The van der Waals surface area contributed by atoms with E-state index < -0.39 is 16.1 Å². The Labute approximate surface area is 158 Å². The minimum absolute atomic E-state index is 0.0546. The number of hydrogen-bond donors (Lipinski definition) is 1. The predicted molar refractivity (Wildman–Crippen MR) is 103 cm³/mol. The van der Waals surface area contributed by atoms with Crippen LogP contribution in [0.15, 0.2) is 52.3 Å². The molecule has 0 radical (unpaired) electrons. The molecule has 0 fully saturated rings. The van der Waals surface area contributed by atoms with Crippen LogP contribution in [0.5, 0.6) is 5.75 Å². The average Bonchev–Trinajstić information content (AvgIpc) is 2.62. The maximum absolute atomic E-state index is 12.8.